The first-order valence-corrected chi connectivity index (χ1v) is 11.5. The number of amides is 1. The second kappa shape index (κ2) is 8.09. The number of nitrogens with zero attached hydrogens (tertiary/aromatic N) is 2. The summed E-state index contributed by atoms with van der Waals surface area (Å²) in [6, 6.07) is 7.47. The van der Waals surface area contributed by atoms with Gasteiger partial charge in [-0.05, 0) is 56.5 Å². The van der Waals surface area contributed by atoms with Crippen LogP contribution in [0, 0.1) is 0 Å². The molecule has 3 rings (SSSR count). The van der Waals surface area contributed by atoms with Crippen molar-refractivity contribution in [3.05, 3.63) is 29.8 Å². The summed E-state index contributed by atoms with van der Waals surface area (Å²) < 4.78 is 23.1. The highest BCUT2D eigenvalue weighted by Crippen LogP contribution is 2.29. The second-order valence-corrected chi connectivity index (χ2v) is 9.78. The van der Waals surface area contributed by atoms with Crippen LogP contribution in [0.15, 0.2) is 29.2 Å². The van der Waals surface area contributed by atoms with Crippen LogP contribution >= 0.6 is 0 Å². The highest BCUT2D eigenvalue weighted by atomic mass is 32.2. The van der Waals surface area contributed by atoms with E-state index < -0.39 is 9.84 Å². The molecule has 1 aromatic carbocycles. The van der Waals surface area contributed by atoms with E-state index in [-0.39, 0.29) is 5.91 Å². The largest absolute Gasteiger partial charge is 0.341 e. The second-order valence-electron chi connectivity index (χ2n) is 7.76. The van der Waals surface area contributed by atoms with Gasteiger partial charge in [0.05, 0.1) is 11.3 Å². The van der Waals surface area contributed by atoms with Crippen molar-refractivity contribution in [1.29, 1.82) is 0 Å². The van der Waals surface area contributed by atoms with E-state index in [4.69, 9.17) is 0 Å². The predicted molar refractivity (Wildman–Crippen MR) is 103 cm³/mol. The minimum absolute atomic E-state index is 0.119. The zero-order valence-corrected chi connectivity index (χ0v) is 16.7. The molecule has 2 unspecified atom stereocenters. The van der Waals surface area contributed by atoms with Crippen molar-refractivity contribution >= 4 is 15.7 Å². The van der Waals surface area contributed by atoms with E-state index in [2.05, 4.69) is 4.90 Å². The maximum Gasteiger partial charge on any atom is 0.227 e. The van der Waals surface area contributed by atoms with E-state index in [1.54, 1.807) is 24.3 Å². The van der Waals surface area contributed by atoms with Gasteiger partial charge in [0, 0.05) is 25.4 Å². The lowest BCUT2D eigenvalue weighted by atomic mass is 9.88. The Morgan fingerprint density at radius 3 is 2.31 bits per heavy atom. The Bertz CT molecular complexity index is 724. The fourth-order valence-electron chi connectivity index (χ4n) is 4.38. The molecule has 0 aromatic heterocycles. The highest BCUT2D eigenvalue weighted by molar-refractivity contribution is 7.90. The number of hydrogen-bond acceptors (Lipinski definition) is 4. The van der Waals surface area contributed by atoms with Gasteiger partial charge in [0.2, 0.25) is 5.91 Å². The van der Waals surface area contributed by atoms with Gasteiger partial charge in [-0.2, -0.15) is 0 Å². The first kappa shape index (κ1) is 19.4. The van der Waals surface area contributed by atoms with Crippen molar-refractivity contribution in [2.24, 2.45) is 0 Å². The van der Waals surface area contributed by atoms with E-state index in [9.17, 15) is 13.2 Å². The number of likely N-dealkylation sites (tertiary alicyclic amines) is 1. The molecule has 2 atom stereocenters. The van der Waals surface area contributed by atoms with Gasteiger partial charge in [-0.15, -0.1) is 0 Å². The smallest absolute Gasteiger partial charge is 0.227 e. The SMILES string of the molecule is CN(C(=O)Cc1ccc(S(C)(=O)=O)cc1)C1CCCCC1N1CCCC1. The van der Waals surface area contributed by atoms with Gasteiger partial charge >= 0.3 is 0 Å². The normalized spacial score (nSPS) is 24.5. The molecule has 1 saturated carbocycles. The molecule has 5 nitrogen and oxygen atoms in total. The van der Waals surface area contributed by atoms with E-state index in [0.29, 0.717) is 23.4 Å². The van der Waals surface area contributed by atoms with E-state index >= 15 is 0 Å². The number of carbonyl (C=O) groups excluding carboxylic acids is 1. The number of rotatable bonds is 5. The minimum atomic E-state index is -3.20. The van der Waals surface area contributed by atoms with Crippen molar-refractivity contribution in [2.45, 2.75) is 61.9 Å². The molecule has 0 bridgehead atoms. The Balaban J connectivity index is 1.66. The standard InChI is InChI=1S/C20H30N2O3S/c1-21(18-7-3-4-8-19(18)22-13-5-6-14-22)20(23)15-16-9-11-17(12-10-16)26(2,24)25/h9-12,18-19H,3-8,13-15H2,1-2H3. The van der Waals surface area contributed by atoms with Gasteiger partial charge in [0.25, 0.3) is 0 Å². The number of hydrogen-bond donors (Lipinski definition) is 0. The zero-order valence-electron chi connectivity index (χ0n) is 15.9. The van der Waals surface area contributed by atoms with Crippen molar-refractivity contribution in [1.82, 2.24) is 9.80 Å². The Hall–Kier alpha value is -1.40. The quantitative estimate of drug-likeness (QED) is 0.790. The van der Waals surface area contributed by atoms with Gasteiger partial charge in [-0.1, -0.05) is 25.0 Å². The topological polar surface area (TPSA) is 57.7 Å². The van der Waals surface area contributed by atoms with Crippen LogP contribution in [0.1, 0.15) is 44.1 Å². The van der Waals surface area contributed by atoms with Gasteiger partial charge in [0.1, 0.15) is 0 Å². The third-order valence-corrected chi connectivity index (χ3v) is 7.03. The van der Waals surface area contributed by atoms with Crippen LogP contribution in [-0.2, 0) is 21.1 Å². The number of carbonyl (C=O) groups is 1. The summed E-state index contributed by atoms with van der Waals surface area (Å²) in [6.45, 7) is 2.33. The van der Waals surface area contributed by atoms with Gasteiger partial charge in [0.15, 0.2) is 9.84 Å². The van der Waals surface area contributed by atoms with Crippen LogP contribution in [0.25, 0.3) is 0 Å². The van der Waals surface area contributed by atoms with Crippen LogP contribution in [0.3, 0.4) is 0 Å². The molecule has 0 spiro atoms. The molecule has 26 heavy (non-hydrogen) atoms. The molecule has 1 aromatic rings. The Kier molecular flexibility index (Phi) is 6.03. The first-order valence-electron chi connectivity index (χ1n) is 9.65. The van der Waals surface area contributed by atoms with E-state index in [0.717, 1.165) is 25.1 Å². The third-order valence-electron chi connectivity index (χ3n) is 5.90. The van der Waals surface area contributed by atoms with Gasteiger partial charge < -0.3 is 4.90 Å². The summed E-state index contributed by atoms with van der Waals surface area (Å²) in [6.07, 6.45) is 8.78. The molecule has 2 aliphatic rings. The molecule has 144 valence electrons. The fourth-order valence-corrected chi connectivity index (χ4v) is 5.01. The van der Waals surface area contributed by atoms with Crippen molar-refractivity contribution in [3.63, 3.8) is 0 Å². The average molecular weight is 379 g/mol. The summed E-state index contributed by atoms with van der Waals surface area (Å²) >= 11 is 0. The number of sulfone groups is 1. The zero-order chi connectivity index (χ0) is 18.7. The third kappa shape index (κ3) is 4.46. The van der Waals surface area contributed by atoms with Crippen LogP contribution in [-0.4, -0.2) is 62.6 Å². The first-order chi connectivity index (χ1) is 12.4. The summed E-state index contributed by atoms with van der Waals surface area (Å²) in [7, 11) is -1.26. The van der Waals surface area contributed by atoms with Gasteiger partial charge in [-0.25, -0.2) is 8.42 Å². The van der Waals surface area contributed by atoms with Crippen molar-refractivity contribution in [3.8, 4) is 0 Å². The number of benzene rings is 1. The summed E-state index contributed by atoms with van der Waals surface area (Å²) in [5.41, 5.74) is 0.864. The maximum absolute atomic E-state index is 12.8. The molecular weight excluding hydrogens is 348 g/mol. The van der Waals surface area contributed by atoms with Crippen molar-refractivity contribution in [2.75, 3.05) is 26.4 Å². The van der Waals surface area contributed by atoms with Crippen LogP contribution < -0.4 is 0 Å². The van der Waals surface area contributed by atoms with E-state index in [1.807, 2.05) is 11.9 Å². The molecule has 1 heterocycles. The molecule has 1 aliphatic carbocycles. The lowest BCUT2D eigenvalue weighted by Gasteiger charge is -2.42. The van der Waals surface area contributed by atoms with E-state index in [1.165, 1.54) is 38.4 Å². The Labute approximate surface area is 157 Å². The predicted octanol–water partition coefficient (Wildman–Crippen LogP) is 2.50. The summed E-state index contributed by atoms with van der Waals surface area (Å²) in [5, 5.41) is 0. The summed E-state index contributed by atoms with van der Waals surface area (Å²) in [5.74, 6) is 0.119. The molecule has 2 fully saturated rings. The molecule has 0 radical (unpaired) electrons. The molecule has 1 aliphatic heterocycles. The molecule has 1 saturated heterocycles. The molecular formula is C20H30N2O3S. The lowest BCUT2D eigenvalue weighted by Crippen LogP contribution is -2.53. The monoisotopic (exact) mass is 378 g/mol. The molecule has 1 amide bonds. The minimum Gasteiger partial charge on any atom is -0.341 e. The Morgan fingerprint density at radius 2 is 1.69 bits per heavy atom. The highest BCUT2D eigenvalue weighted by Gasteiger charge is 2.35. The Morgan fingerprint density at radius 1 is 1.08 bits per heavy atom. The summed E-state index contributed by atoms with van der Waals surface area (Å²) in [4.78, 5) is 17.7. The molecule has 0 N–H and O–H groups in total. The van der Waals surface area contributed by atoms with Crippen molar-refractivity contribution < 1.29 is 13.2 Å². The van der Waals surface area contributed by atoms with Crippen LogP contribution in [0.4, 0.5) is 0 Å². The van der Waals surface area contributed by atoms with Crippen LogP contribution in [0.5, 0.6) is 0 Å². The fraction of sp³-hybridized carbons (Fsp3) is 0.650. The molecule has 6 heteroatoms. The number of likely N-dealkylation sites (N-methyl/N-ethyl adjacent to an activating group) is 1. The lowest BCUT2D eigenvalue weighted by molar-refractivity contribution is -0.133. The van der Waals surface area contributed by atoms with Crippen LogP contribution in [0.2, 0.25) is 0 Å². The maximum atomic E-state index is 12.8. The average Bonchev–Trinajstić information content (AvgIpc) is 3.15. The van der Waals surface area contributed by atoms with Gasteiger partial charge in [-0.3, -0.25) is 9.69 Å².